The van der Waals surface area contributed by atoms with Gasteiger partial charge in [0.15, 0.2) is 0 Å². The van der Waals surface area contributed by atoms with E-state index in [0.717, 1.165) is 50.7 Å². The summed E-state index contributed by atoms with van der Waals surface area (Å²) in [4.78, 5) is 14.0. The lowest BCUT2D eigenvalue weighted by atomic mass is 10.0. The van der Waals surface area contributed by atoms with Crippen LogP contribution in [0.25, 0.3) is 11.9 Å². The minimum absolute atomic E-state index is 0.669. The molecule has 0 unspecified atom stereocenters. The number of nitrogens with zero attached hydrogens (tertiary/aromatic N) is 6. The van der Waals surface area contributed by atoms with Gasteiger partial charge in [-0.3, -0.25) is 4.90 Å². The van der Waals surface area contributed by atoms with Crippen LogP contribution in [0.4, 0.5) is 5.82 Å². The largest absolute Gasteiger partial charge is 0.354 e. The molecule has 2 aromatic heterocycles. The predicted octanol–water partition coefficient (Wildman–Crippen LogP) is 3.86. The molecular formula is C26H28N6. The summed E-state index contributed by atoms with van der Waals surface area (Å²) in [5, 5.41) is 4.52. The van der Waals surface area contributed by atoms with Crippen molar-refractivity contribution < 1.29 is 0 Å². The molecule has 5 rings (SSSR count). The van der Waals surface area contributed by atoms with E-state index in [0.29, 0.717) is 5.78 Å². The Morgan fingerprint density at radius 3 is 2.38 bits per heavy atom. The molecule has 0 atom stereocenters. The van der Waals surface area contributed by atoms with Crippen molar-refractivity contribution in [2.75, 3.05) is 37.6 Å². The van der Waals surface area contributed by atoms with Crippen molar-refractivity contribution in [1.82, 2.24) is 24.5 Å². The molecule has 0 N–H and O–H groups in total. The first-order chi connectivity index (χ1) is 15.8. The van der Waals surface area contributed by atoms with Crippen LogP contribution in [0, 0.1) is 6.92 Å². The summed E-state index contributed by atoms with van der Waals surface area (Å²) in [7, 11) is 0. The highest BCUT2D eigenvalue weighted by atomic mass is 15.4. The van der Waals surface area contributed by atoms with Gasteiger partial charge in [0, 0.05) is 50.4 Å². The molecule has 0 saturated carbocycles. The van der Waals surface area contributed by atoms with Crippen LogP contribution in [-0.2, 0) is 6.42 Å². The zero-order valence-corrected chi connectivity index (χ0v) is 18.4. The van der Waals surface area contributed by atoms with Gasteiger partial charge in [-0.25, -0.2) is 4.98 Å². The molecule has 3 heterocycles. The van der Waals surface area contributed by atoms with Crippen LogP contribution < -0.4 is 4.90 Å². The zero-order chi connectivity index (χ0) is 21.8. The molecule has 6 nitrogen and oxygen atoms in total. The van der Waals surface area contributed by atoms with Crippen LogP contribution in [0.2, 0.25) is 0 Å². The third-order valence-corrected chi connectivity index (χ3v) is 6.07. The van der Waals surface area contributed by atoms with Gasteiger partial charge in [0.25, 0.3) is 5.78 Å². The third kappa shape index (κ3) is 4.41. The quantitative estimate of drug-likeness (QED) is 0.470. The molecule has 0 bridgehead atoms. The molecule has 4 aromatic rings. The van der Waals surface area contributed by atoms with E-state index < -0.39 is 0 Å². The van der Waals surface area contributed by atoms with Gasteiger partial charge in [0.1, 0.15) is 12.1 Å². The van der Waals surface area contributed by atoms with Crippen LogP contribution in [0.3, 0.4) is 0 Å². The number of rotatable bonds is 6. The highest BCUT2D eigenvalue weighted by Gasteiger charge is 2.24. The van der Waals surface area contributed by atoms with Gasteiger partial charge in [-0.1, -0.05) is 72.8 Å². The maximum atomic E-state index is 4.71. The number of aromatic nitrogens is 4. The zero-order valence-electron chi connectivity index (χ0n) is 18.4. The average Bonchev–Trinajstić information content (AvgIpc) is 3.29. The van der Waals surface area contributed by atoms with E-state index in [1.54, 1.807) is 6.33 Å². The molecule has 1 fully saturated rings. The topological polar surface area (TPSA) is 49.6 Å². The summed E-state index contributed by atoms with van der Waals surface area (Å²) >= 11 is 0. The average molecular weight is 425 g/mol. The lowest BCUT2D eigenvalue weighted by Crippen LogP contribution is -2.47. The first-order valence-electron chi connectivity index (χ1n) is 11.2. The molecule has 32 heavy (non-hydrogen) atoms. The Labute approximate surface area is 188 Å². The van der Waals surface area contributed by atoms with E-state index >= 15 is 0 Å². The first-order valence-corrected chi connectivity index (χ1v) is 11.2. The van der Waals surface area contributed by atoms with Crippen LogP contribution in [0.15, 0.2) is 73.1 Å². The number of aryl methyl sites for hydroxylation is 1. The highest BCUT2D eigenvalue weighted by molar-refractivity contribution is 5.56. The van der Waals surface area contributed by atoms with Crippen molar-refractivity contribution in [2.45, 2.75) is 13.3 Å². The lowest BCUT2D eigenvalue weighted by molar-refractivity contribution is 0.283. The molecule has 0 amide bonds. The SMILES string of the molecule is Cc1nc2ncnn2c(N2CCN(C/C=C/c3ccccc3)CC2)c1Cc1ccccc1. The van der Waals surface area contributed by atoms with Crippen LogP contribution >= 0.6 is 0 Å². The van der Waals surface area contributed by atoms with Crippen LogP contribution in [0.1, 0.15) is 22.4 Å². The van der Waals surface area contributed by atoms with E-state index in [-0.39, 0.29) is 0 Å². The normalized spacial score (nSPS) is 15.1. The summed E-state index contributed by atoms with van der Waals surface area (Å²) in [6.45, 7) is 7.00. The number of piperazine rings is 1. The molecule has 0 spiro atoms. The maximum absolute atomic E-state index is 4.71. The standard InChI is InChI=1S/C26H28N6/c1-21-24(19-23-11-6-3-7-12-23)25(32-26(29-21)27-20-28-32)31-17-15-30(16-18-31)14-8-13-22-9-4-2-5-10-22/h2-13,20H,14-19H2,1H3/b13-8+. The fourth-order valence-electron chi connectivity index (χ4n) is 4.34. The van der Waals surface area contributed by atoms with Crippen molar-refractivity contribution in [3.05, 3.63) is 95.5 Å². The second-order valence-electron chi connectivity index (χ2n) is 8.23. The highest BCUT2D eigenvalue weighted by Crippen LogP contribution is 2.27. The maximum Gasteiger partial charge on any atom is 0.254 e. The Morgan fingerprint density at radius 2 is 1.62 bits per heavy atom. The molecule has 6 heteroatoms. The van der Waals surface area contributed by atoms with Gasteiger partial charge in [-0.2, -0.15) is 14.6 Å². The monoisotopic (exact) mass is 424 g/mol. The number of hydrogen-bond acceptors (Lipinski definition) is 5. The number of hydrogen-bond donors (Lipinski definition) is 0. The Hall–Kier alpha value is -3.51. The molecule has 2 aromatic carbocycles. The van der Waals surface area contributed by atoms with Crippen molar-refractivity contribution in [2.24, 2.45) is 0 Å². The van der Waals surface area contributed by atoms with Crippen molar-refractivity contribution >= 4 is 17.7 Å². The minimum Gasteiger partial charge on any atom is -0.354 e. The number of anilines is 1. The predicted molar refractivity (Wildman–Crippen MR) is 129 cm³/mol. The molecule has 1 aliphatic rings. The molecule has 1 aliphatic heterocycles. The van der Waals surface area contributed by atoms with E-state index in [2.05, 4.69) is 99.6 Å². The Morgan fingerprint density at radius 1 is 0.906 bits per heavy atom. The molecule has 0 aliphatic carbocycles. The van der Waals surface area contributed by atoms with Crippen LogP contribution in [0.5, 0.6) is 0 Å². The molecule has 162 valence electrons. The van der Waals surface area contributed by atoms with Gasteiger partial charge in [0.2, 0.25) is 0 Å². The second-order valence-corrected chi connectivity index (χ2v) is 8.23. The van der Waals surface area contributed by atoms with Gasteiger partial charge in [-0.05, 0) is 18.1 Å². The van der Waals surface area contributed by atoms with E-state index in [1.165, 1.54) is 16.7 Å². The Balaban J connectivity index is 1.34. The molecule has 1 saturated heterocycles. The summed E-state index contributed by atoms with van der Waals surface area (Å²) in [6.07, 6.45) is 6.90. The van der Waals surface area contributed by atoms with Crippen molar-refractivity contribution in [3.8, 4) is 0 Å². The minimum atomic E-state index is 0.669. The van der Waals surface area contributed by atoms with Gasteiger partial charge in [0.05, 0.1) is 0 Å². The smallest absolute Gasteiger partial charge is 0.254 e. The summed E-state index contributed by atoms with van der Waals surface area (Å²) in [5.74, 6) is 1.80. The second kappa shape index (κ2) is 9.32. The Kier molecular flexibility index (Phi) is 5.94. The van der Waals surface area contributed by atoms with E-state index in [9.17, 15) is 0 Å². The lowest BCUT2D eigenvalue weighted by Gasteiger charge is -2.36. The number of fused-ring (bicyclic) bond motifs is 1. The first kappa shape index (κ1) is 20.4. The summed E-state index contributed by atoms with van der Waals surface area (Å²) < 4.78 is 1.91. The van der Waals surface area contributed by atoms with E-state index in [4.69, 9.17) is 4.98 Å². The summed E-state index contributed by atoms with van der Waals surface area (Å²) in [6, 6.07) is 21.1. The van der Waals surface area contributed by atoms with E-state index in [1.807, 2.05) is 4.52 Å². The van der Waals surface area contributed by atoms with Gasteiger partial charge < -0.3 is 4.90 Å². The molecular weight excluding hydrogens is 396 g/mol. The summed E-state index contributed by atoms with van der Waals surface area (Å²) in [5.41, 5.74) is 4.78. The van der Waals surface area contributed by atoms with Crippen molar-refractivity contribution in [1.29, 1.82) is 0 Å². The number of benzene rings is 2. The van der Waals surface area contributed by atoms with Crippen LogP contribution in [-0.4, -0.2) is 57.2 Å². The third-order valence-electron chi connectivity index (χ3n) is 6.07. The van der Waals surface area contributed by atoms with Crippen molar-refractivity contribution in [3.63, 3.8) is 0 Å². The van der Waals surface area contributed by atoms with Gasteiger partial charge >= 0.3 is 0 Å². The fraction of sp³-hybridized carbons (Fsp3) is 0.269. The fourth-order valence-corrected chi connectivity index (χ4v) is 4.34. The Bertz CT molecular complexity index is 1190. The molecule has 0 radical (unpaired) electrons. The van der Waals surface area contributed by atoms with Gasteiger partial charge in [-0.15, -0.1) is 0 Å².